The molecule has 65 heavy (non-hydrogen) atoms. The Labute approximate surface area is 379 Å². The number of benzene rings is 9. The molecule has 0 aliphatic heterocycles. The van der Waals surface area contributed by atoms with Crippen molar-refractivity contribution in [2.45, 2.75) is 26.2 Å². The Bertz CT molecular complexity index is 3630. The second-order valence-corrected chi connectivity index (χ2v) is 17.6. The van der Waals surface area contributed by atoms with E-state index in [-0.39, 0.29) is 5.41 Å². The van der Waals surface area contributed by atoms with Crippen molar-refractivity contribution in [2.24, 2.45) is 5.73 Å². The van der Waals surface area contributed by atoms with Gasteiger partial charge in [-0.2, -0.15) is 0 Å². The van der Waals surface area contributed by atoms with Crippen LogP contribution < -0.4 is 5.73 Å². The Morgan fingerprint density at radius 3 is 1.74 bits per heavy atom. The van der Waals surface area contributed by atoms with E-state index in [1.807, 2.05) is 60.7 Å². The largest absolute Gasteiger partial charge is 0.398 e. The standard InChI is InChI=1S/C46H34N2.C15H14N2/c1-29-27-39-44(35-16-7-10-18-38(35)46(39,2)3)45-43(29)36-17-9-12-20-41(36)48(45)33-24-21-30(22-25-33)31-23-26-42-37(28-31)34-15-8-11-19-40(34)47(42)32-13-5-4-6-14-32;16-14(12-7-3-1-4-8-12)11-15(17)13-9-5-2-6-10-13/h4-28H,1-3H3;1-11,16H,17H2/b;15-11-,16-14?. The summed E-state index contributed by atoms with van der Waals surface area (Å²) in [5.74, 6) is 0. The third kappa shape index (κ3) is 6.65. The van der Waals surface area contributed by atoms with Gasteiger partial charge in [-0.05, 0) is 106 Å². The summed E-state index contributed by atoms with van der Waals surface area (Å²) in [6.45, 7) is 7.03. The van der Waals surface area contributed by atoms with Crippen LogP contribution in [0.4, 0.5) is 0 Å². The van der Waals surface area contributed by atoms with Crippen LogP contribution in [0.2, 0.25) is 0 Å². The quantitative estimate of drug-likeness (QED) is 0.161. The highest BCUT2D eigenvalue weighted by Gasteiger charge is 2.38. The summed E-state index contributed by atoms with van der Waals surface area (Å²) in [6, 6.07) is 75.1. The molecular formula is C61H48N4. The molecule has 0 bridgehead atoms. The monoisotopic (exact) mass is 836 g/mol. The molecule has 0 unspecified atom stereocenters. The molecule has 1 aliphatic carbocycles. The molecule has 0 amide bonds. The van der Waals surface area contributed by atoms with E-state index >= 15 is 0 Å². The van der Waals surface area contributed by atoms with Crippen molar-refractivity contribution >= 4 is 55.0 Å². The molecule has 0 radical (unpaired) electrons. The normalized spacial score (nSPS) is 12.9. The maximum absolute atomic E-state index is 7.95. The molecule has 2 heterocycles. The topological polar surface area (TPSA) is 59.7 Å². The van der Waals surface area contributed by atoms with E-state index in [0.29, 0.717) is 11.4 Å². The molecule has 9 aromatic carbocycles. The van der Waals surface area contributed by atoms with E-state index in [1.165, 1.54) is 93.9 Å². The molecule has 1 aliphatic rings. The second kappa shape index (κ2) is 15.9. The van der Waals surface area contributed by atoms with E-state index in [2.05, 4.69) is 182 Å². The fourth-order valence-corrected chi connectivity index (χ4v) is 10.2. The van der Waals surface area contributed by atoms with Crippen molar-refractivity contribution in [1.29, 1.82) is 5.41 Å². The van der Waals surface area contributed by atoms with Gasteiger partial charge in [-0.25, -0.2) is 0 Å². The summed E-state index contributed by atoms with van der Waals surface area (Å²) in [5.41, 5.74) is 25.4. The molecule has 2 aromatic heterocycles. The van der Waals surface area contributed by atoms with E-state index in [4.69, 9.17) is 11.1 Å². The molecule has 0 saturated heterocycles. The van der Waals surface area contributed by atoms with Gasteiger partial charge in [0, 0.05) is 49.6 Å². The first-order valence-corrected chi connectivity index (χ1v) is 22.3. The highest BCUT2D eigenvalue weighted by atomic mass is 15.0. The first-order chi connectivity index (χ1) is 31.8. The zero-order valence-corrected chi connectivity index (χ0v) is 36.8. The number of nitrogens with two attached hydrogens (primary N) is 1. The third-order valence-electron chi connectivity index (χ3n) is 13.3. The lowest BCUT2D eigenvalue weighted by atomic mass is 9.81. The molecule has 0 atom stereocenters. The van der Waals surface area contributed by atoms with Crippen LogP contribution in [-0.4, -0.2) is 14.8 Å². The Kier molecular flexibility index (Phi) is 9.66. The SMILES string of the molecule is Cc1cc2c(c3c1c1ccccc1n3-c1ccc(-c3ccc4c(c3)c3ccccc3n4-c3ccccc3)cc1)-c1ccccc1C2(C)C.N=C(/C=C(\N)c1ccccc1)c1ccccc1. The Hall–Kier alpha value is -8.21. The third-order valence-corrected chi connectivity index (χ3v) is 13.3. The van der Waals surface area contributed by atoms with Crippen LogP contribution >= 0.6 is 0 Å². The molecule has 12 rings (SSSR count). The van der Waals surface area contributed by atoms with Gasteiger partial charge in [0.15, 0.2) is 0 Å². The highest BCUT2D eigenvalue weighted by molar-refractivity contribution is 6.17. The van der Waals surface area contributed by atoms with Crippen molar-refractivity contribution in [1.82, 2.24) is 9.13 Å². The van der Waals surface area contributed by atoms with Crippen LogP contribution in [0.3, 0.4) is 0 Å². The highest BCUT2D eigenvalue weighted by Crippen LogP contribution is 2.53. The van der Waals surface area contributed by atoms with Gasteiger partial charge in [-0.3, -0.25) is 0 Å². The van der Waals surface area contributed by atoms with Gasteiger partial charge < -0.3 is 20.3 Å². The van der Waals surface area contributed by atoms with Crippen LogP contribution in [-0.2, 0) is 5.41 Å². The van der Waals surface area contributed by atoms with Gasteiger partial charge in [0.2, 0.25) is 0 Å². The van der Waals surface area contributed by atoms with E-state index in [0.717, 1.165) is 11.1 Å². The van der Waals surface area contributed by atoms with Gasteiger partial charge in [0.25, 0.3) is 0 Å². The van der Waals surface area contributed by atoms with Crippen molar-refractivity contribution in [3.63, 3.8) is 0 Å². The zero-order chi connectivity index (χ0) is 44.2. The van der Waals surface area contributed by atoms with E-state index < -0.39 is 0 Å². The molecular weight excluding hydrogens is 789 g/mol. The molecule has 11 aromatic rings. The molecule has 4 heteroatoms. The summed E-state index contributed by atoms with van der Waals surface area (Å²) in [6.07, 6.45) is 1.69. The number of hydrogen-bond donors (Lipinski definition) is 2. The molecule has 0 saturated carbocycles. The van der Waals surface area contributed by atoms with Crippen molar-refractivity contribution in [3.05, 3.63) is 246 Å². The smallest absolute Gasteiger partial charge is 0.0632 e. The number of para-hydroxylation sites is 3. The minimum atomic E-state index is -0.0572. The lowest BCUT2D eigenvalue weighted by Crippen LogP contribution is -2.15. The molecule has 0 spiro atoms. The fourth-order valence-electron chi connectivity index (χ4n) is 10.2. The number of fused-ring (bicyclic) bond motifs is 10. The van der Waals surface area contributed by atoms with Crippen LogP contribution in [0.25, 0.3) is 82.9 Å². The summed E-state index contributed by atoms with van der Waals surface area (Å²) in [5, 5.41) is 13.1. The lowest BCUT2D eigenvalue weighted by molar-refractivity contribution is 0.660. The van der Waals surface area contributed by atoms with Crippen molar-refractivity contribution < 1.29 is 0 Å². The van der Waals surface area contributed by atoms with Crippen LogP contribution in [0.5, 0.6) is 0 Å². The van der Waals surface area contributed by atoms with E-state index in [9.17, 15) is 0 Å². The van der Waals surface area contributed by atoms with Crippen LogP contribution in [0.15, 0.2) is 218 Å². The van der Waals surface area contributed by atoms with Crippen molar-refractivity contribution in [2.75, 3.05) is 0 Å². The zero-order valence-electron chi connectivity index (χ0n) is 36.8. The summed E-state index contributed by atoms with van der Waals surface area (Å²) in [4.78, 5) is 0. The van der Waals surface area contributed by atoms with E-state index in [1.54, 1.807) is 6.08 Å². The molecule has 3 N–H and O–H groups in total. The minimum absolute atomic E-state index is 0.0572. The average molecular weight is 837 g/mol. The van der Waals surface area contributed by atoms with Crippen LogP contribution in [0.1, 0.15) is 41.7 Å². The number of nitrogens with one attached hydrogen (secondary N) is 1. The number of rotatable bonds is 6. The van der Waals surface area contributed by atoms with Gasteiger partial charge in [0.05, 0.1) is 27.8 Å². The summed E-state index contributed by atoms with van der Waals surface area (Å²) >= 11 is 0. The van der Waals surface area contributed by atoms with Gasteiger partial charge in [0.1, 0.15) is 0 Å². The van der Waals surface area contributed by atoms with Crippen LogP contribution in [0, 0.1) is 12.3 Å². The van der Waals surface area contributed by atoms with Gasteiger partial charge in [-0.1, -0.05) is 178 Å². The van der Waals surface area contributed by atoms with Gasteiger partial charge in [-0.15, -0.1) is 0 Å². The van der Waals surface area contributed by atoms with Crippen molar-refractivity contribution in [3.8, 4) is 33.6 Å². The predicted octanol–water partition coefficient (Wildman–Crippen LogP) is 15.2. The lowest BCUT2D eigenvalue weighted by Gasteiger charge is -2.22. The molecule has 312 valence electrons. The maximum atomic E-state index is 7.95. The Balaban J connectivity index is 0.000000233. The number of nitrogens with zero attached hydrogens (tertiary/aromatic N) is 2. The average Bonchev–Trinajstić information content (AvgIpc) is 3.96. The number of aromatic nitrogens is 2. The minimum Gasteiger partial charge on any atom is -0.398 e. The maximum Gasteiger partial charge on any atom is 0.0632 e. The summed E-state index contributed by atoms with van der Waals surface area (Å²) in [7, 11) is 0. The fraction of sp³-hybridized carbons (Fsp3) is 0.0656. The first kappa shape index (κ1) is 39.6. The Morgan fingerprint density at radius 1 is 0.492 bits per heavy atom. The molecule has 4 nitrogen and oxygen atoms in total. The summed E-state index contributed by atoms with van der Waals surface area (Å²) < 4.78 is 4.88. The first-order valence-electron chi connectivity index (χ1n) is 22.3. The Morgan fingerprint density at radius 2 is 1.03 bits per heavy atom. The number of hydrogen-bond acceptors (Lipinski definition) is 2. The number of allylic oxidation sites excluding steroid dienone is 1. The second-order valence-electron chi connectivity index (χ2n) is 17.6. The number of aryl methyl sites for hydroxylation is 1. The van der Waals surface area contributed by atoms with Gasteiger partial charge >= 0.3 is 0 Å². The predicted molar refractivity (Wildman–Crippen MR) is 275 cm³/mol. The molecule has 0 fully saturated rings.